The second kappa shape index (κ2) is 5.71. The second-order valence-corrected chi connectivity index (χ2v) is 4.62. The highest BCUT2D eigenvalue weighted by atomic mass is 35.5. The van der Waals surface area contributed by atoms with Crippen molar-refractivity contribution in [3.8, 4) is 11.3 Å². The molecule has 0 spiro atoms. The quantitative estimate of drug-likeness (QED) is 0.723. The van der Waals surface area contributed by atoms with E-state index >= 15 is 0 Å². The summed E-state index contributed by atoms with van der Waals surface area (Å²) >= 11 is 5.85. The lowest BCUT2D eigenvalue weighted by Gasteiger charge is -2.07. The van der Waals surface area contributed by atoms with Crippen LogP contribution in [0.3, 0.4) is 0 Å². The van der Waals surface area contributed by atoms with Gasteiger partial charge in [0.1, 0.15) is 5.15 Å². The lowest BCUT2D eigenvalue weighted by Crippen LogP contribution is -2.00. The van der Waals surface area contributed by atoms with E-state index in [0.29, 0.717) is 11.7 Å². The van der Waals surface area contributed by atoms with Gasteiger partial charge >= 0.3 is 0 Å². The van der Waals surface area contributed by atoms with Gasteiger partial charge in [0.25, 0.3) is 0 Å². The van der Waals surface area contributed by atoms with Crippen LogP contribution in [0.1, 0.15) is 5.56 Å². The van der Waals surface area contributed by atoms with Crippen LogP contribution in [-0.4, -0.2) is 20.2 Å². The molecule has 6 heteroatoms. The van der Waals surface area contributed by atoms with Crippen molar-refractivity contribution in [1.82, 2.24) is 20.2 Å². The van der Waals surface area contributed by atoms with Crippen molar-refractivity contribution in [3.05, 3.63) is 59.8 Å². The maximum Gasteiger partial charge on any atom is 0.131 e. The van der Waals surface area contributed by atoms with Crippen LogP contribution in [0.5, 0.6) is 0 Å². The summed E-state index contributed by atoms with van der Waals surface area (Å²) in [5, 5.41) is 10.9. The number of aromatic amines is 1. The van der Waals surface area contributed by atoms with Crippen LogP contribution < -0.4 is 5.32 Å². The molecular formula is C14H12ClN5. The summed E-state index contributed by atoms with van der Waals surface area (Å²) in [5.74, 6) is 0. The van der Waals surface area contributed by atoms with E-state index in [1.165, 1.54) is 0 Å². The molecule has 0 radical (unpaired) electrons. The van der Waals surface area contributed by atoms with Crippen molar-refractivity contribution in [2.24, 2.45) is 0 Å². The van der Waals surface area contributed by atoms with E-state index in [-0.39, 0.29) is 0 Å². The van der Waals surface area contributed by atoms with Gasteiger partial charge in [-0.25, -0.2) is 4.98 Å². The number of pyridine rings is 2. The monoisotopic (exact) mass is 285 g/mol. The zero-order chi connectivity index (χ0) is 13.8. The minimum Gasteiger partial charge on any atom is -0.381 e. The van der Waals surface area contributed by atoms with Gasteiger partial charge < -0.3 is 5.32 Å². The lowest BCUT2D eigenvalue weighted by molar-refractivity contribution is 1.09. The zero-order valence-corrected chi connectivity index (χ0v) is 11.3. The van der Waals surface area contributed by atoms with Crippen molar-refractivity contribution >= 4 is 17.3 Å². The molecule has 5 nitrogen and oxygen atoms in total. The molecule has 0 aliphatic rings. The first-order valence-electron chi connectivity index (χ1n) is 6.11. The third-order valence-electron chi connectivity index (χ3n) is 2.88. The summed E-state index contributed by atoms with van der Waals surface area (Å²) in [6.07, 6.45) is 7.03. The number of hydrogen-bond donors (Lipinski definition) is 2. The van der Waals surface area contributed by atoms with Crippen LogP contribution in [0.15, 0.2) is 49.1 Å². The Kier molecular flexibility index (Phi) is 3.60. The molecule has 2 N–H and O–H groups in total. The van der Waals surface area contributed by atoms with Crippen LogP contribution >= 0.6 is 11.6 Å². The minimum atomic E-state index is 0.467. The first-order chi connectivity index (χ1) is 9.83. The van der Waals surface area contributed by atoms with Gasteiger partial charge in [-0.3, -0.25) is 10.1 Å². The molecule has 0 saturated carbocycles. The Bertz CT molecular complexity index is 696. The molecule has 3 aromatic heterocycles. The number of nitrogens with one attached hydrogen (secondary N) is 2. The van der Waals surface area contributed by atoms with Gasteiger partial charge in [-0.05, 0) is 24.3 Å². The summed E-state index contributed by atoms with van der Waals surface area (Å²) in [5.41, 5.74) is 3.95. The van der Waals surface area contributed by atoms with Crippen LogP contribution in [0.25, 0.3) is 11.3 Å². The smallest absolute Gasteiger partial charge is 0.131 e. The highest BCUT2D eigenvalue weighted by Crippen LogP contribution is 2.21. The Morgan fingerprint density at radius 2 is 2.15 bits per heavy atom. The average Bonchev–Trinajstić information content (AvgIpc) is 2.95. The molecule has 0 saturated heterocycles. The Morgan fingerprint density at radius 1 is 1.20 bits per heavy atom. The van der Waals surface area contributed by atoms with Crippen molar-refractivity contribution < 1.29 is 0 Å². The Morgan fingerprint density at radius 3 is 2.95 bits per heavy atom. The number of rotatable bonds is 4. The maximum atomic E-state index is 5.85. The van der Waals surface area contributed by atoms with Crippen LogP contribution in [0, 0.1) is 0 Å². The molecule has 3 rings (SSSR count). The van der Waals surface area contributed by atoms with E-state index < -0.39 is 0 Å². The number of aromatic nitrogens is 4. The van der Waals surface area contributed by atoms with Gasteiger partial charge in [0.05, 0.1) is 11.9 Å². The summed E-state index contributed by atoms with van der Waals surface area (Å²) in [6.45, 7) is 0.640. The minimum absolute atomic E-state index is 0.467. The molecule has 0 bridgehead atoms. The fraction of sp³-hybridized carbons (Fsp3) is 0.0714. The standard InChI is InChI=1S/C14H12ClN5/c15-13-6-12(3-5-17-13)18-8-11-9-19-20-14(11)10-2-1-4-16-7-10/h1-7,9H,8H2,(H,17,18)(H,19,20). The van der Waals surface area contributed by atoms with E-state index in [1.807, 2.05) is 18.2 Å². The third-order valence-corrected chi connectivity index (χ3v) is 3.08. The third kappa shape index (κ3) is 2.78. The van der Waals surface area contributed by atoms with Crippen molar-refractivity contribution in [1.29, 1.82) is 0 Å². The first-order valence-corrected chi connectivity index (χ1v) is 6.49. The van der Waals surface area contributed by atoms with Gasteiger partial charge in [0.2, 0.25) is 0 Å². The summed E-state index contributed by atoms with van der Waals surface area (Å²) in [7, 11) is 0. The highest BCUT2D eigenvalue weighted by molar-refractivity contribution is 6.29. The topological polar surface area (TPSA) is 66.5 Å². The molecule has 0 fully saturated rings. The van der Waals surface area contributed by atoms with E-state index in [1.54, 1.807) is 30.9 Å². The second-order valence-electron chi connectivity index (χ2n) is 4.23. The summed E-state index contributed by atoms with van der Waals surface area (Å²) < 4.78 is 0. The van der Waals surface area contributed by atoms with E-state index in [9.17, 15) is 0 Å². The van der Waals surface area contributed by atoms with Crippen molar-refractivity contribution in [2.75, 3.05) is 5.32 Å². The molecule has 3 heterocycles. The first kappa shape index (κ1) is 12.6. The zero-order valence-electron chi connectivity index (χ0n) is 10.5. The molecule has 0 amide bonds. The largest absolute Gasteiger partial charge is 0.381 e. The number of halogens is 1. The number of hydrogen-bond acceptors (Lipinski definition) is 4. The molecule has 0 atom stereocenters. The number of anilines is 1. The molecule has 20 heavy (non-hydrogen) atoms. The molecule has 0 unspecified atom stereocenters. The van der Waals surface area contributed by atoms with Gasteiger partial charge in [0.15, 0.2) is 0 Å². The molecule has 0 aliphatic heterocycles. The summed E-state index contributed by atoms with van der Waals surface area (Å²) in [6, 6.07) is 7.55. The number of H-pyrrole nitrogens is 1. The van der Waals surface area contributed by atoms with Gasteiger partial charge in [-0.1, -0.05) is 11.6 Å². The van der Waals surface area contributed by atoms with Gasteiger partial charge in [0, 0.05) is 41.9 Å². The Labute approximate surface area is 121 Å². The van der Waals surface area contributed by atoms with Gasteiger partial charge in [-0.2, -0.15) is 5.10 Å². The molecular weight excluding hydrogens is 274 g/mol. The Balaban J connectivity index is 1.78. The Hall–Kier alpha value is -2.40. The fourth-order valence-corrected chi connectivity index (χ4v) is 2.09. The normalized spacial score (nSPS) is 10.4. The lowest BCUT2D eigenvalue weighted by atomic mass is 10.1. The van der Waals surface area contributed by atoms with E-state index in [0.717, 1.165) is 22.5 Å². The van der Waals surface area contributed by atoms with Crippen molar-refractivity contribution in [2.45, 2.75) is 6.54 Å². The molecule has 0 aliphatic carbocycles. The van der Waals surface area contributed by atoms with Gasteiger partial charge in [-0.15, -0.1) is 0 Å². The predicted octanol–water partition coefficient (Wildman–Crippen LogP) is 3.13. The predicted molar refractivity (Wildman–Crippen MR) is 78.4 cm³/mol. The number of nitrogens with zero attached hydrogens (tertiary/aromatic N) is 3. The van der Waals surface area contributed by atoms with Crippen LogP contribution in [0.2, 0.25) is 5.15 Å². The maximum absolute atomic E-state index is 5.85. The summed E-state index contributed by atoms with van der Waals surface area (Å²) in [4.78, 5) is 8.07. The average molecular weight is 286 g/mol. The van der Waals surface area contributed by atoms with Crippen LogP contribution in [0.4, 0.5) is 5.69 Å². The fourth-order valence-electron chi connectivity index (χ4n) is 1.92. The molecule has 0 aromatic carbocycles. The molecule has 3 aromatic rings. The SMILES string of the molecule is Clc1cc(NCc2cn[nH]c2-c2cccnc2)ccn1. The van der Waals surface area contributed by atoms with Crippen molar-refractivity contribution in [3.63, 3.8) is 0 Å². The molecule has 100 valence electrons. The highest BCUT2D eigenvalue weighted by Gasteiger charge is 2.07. The van der Waals surface area contributed by atoms with E-state index in [4.69, 9.17) is 11.6 Å². The van der Waals surface area contributed by atoms with Crippen LogP contribution in [-0.2, 0) is 6.54 Å². The van der Waals surface area contributed by atoms with E-state index in [2.05, 4.69) is 25.5 Å².